The Bertz CT molecular complexity index is 405. The fourth-order valence-electron chi connectivity index (χ4n) is 0.990. The van der Waals surface area contributed by atoms with E-state index in [2.05, 4.69) is 5.73 Å². The van der Waals surface area contributed by atoms with Crippen molar-refractivity contribution in [2.75, 3.05) is 0 Å². The molecule has 0 aliphatic carbocycles. The van der Waals surface area contributed by atoms with E-state index in [1.54, 1.807) is 0 Å². The summed E-state index contributed by atoms with van der Waals surface area (Å²) in [5.74, 6) is -39.6. The summed E-state index contributed by atoms with van der Waals surface area (Å²) in [7, 11) is 0. The van der Waals surface area contributed by atoms with Crippen LogP contribution >= 0.6 is 0 Å². The molecule has 0 spiro atoms. The van der Waals surface area contributed by atoms with Gasteiger partial charge in [-0.15, -0.1) is 0 Å². The lowest BCUT2D eigenvalue weighted by Gasteiger charge is -2.41. The highest BCUT2D eigenvalue weighted by Crippen LogP contribution is 2.61. The van der Waals surface area contributed by atoms with E-state index in [-0.39, 0.29) is 0 Å². The zero-order valence-electron chi connectivity index (χ0n) is 9.82. The molecule has 0 amide bonds. The number of hydrogen-bond donors (Lipinski definition) is 2. The SMILES string of the molecule is NC(F)(F)C(F)(F)C(F)(F)C(F)(F)C(F)(F)C(F)(F)C(O)(F)F. The fourth-order valence-corrected chi connectivity index (χ4v) is 0.990. The topological polar surface area (TPSA) is 46.2 Å². The molecule has 0 saturated carbocycles. The highest BCUT2D eigenvalue weighted by molar-refractivity contribution is 5.12. The first-order valence-electron chi connectivity index (χ1n) is 4.66. The van der Waals surface area contributed by atoms with Crippen molar-refractivity contribution in [1.29, 1.82) is 0 Å². The van der Waals surface area contributed by atoms with Gasteiger partial charge in [-0.25, -0.2) is 0 Å². The van der Waals surface area contributed by atoms with Crippen LogP contribution in [0, 0.1) is 0 Å². The number of hydrogen-bond acceptors (Lipinski definition) is 2. The predicted molar refractivity (Wildman–Crippen MR) is 41.0 cm³/mol. The summed E-state index contributed by atoms with van der Waals surface area (Å²) >= 11 is 0. The second-order valence-corrected chi connectivity index (χ2v) is 4.04. The molecule has 0 rings (SSSR count). The summed E-state index contributed by atoms with van der Waals surface area (Å²) in [6.45, 7) is 0. The van der Waals surface area contributed by atoms with Crippen LogP contribution < -0.4 is 5.73 Å². The minimum absolute atomic E-state index is 3.11. The van der Waals surface area contributed by atoms with Gasteiger partial charge in [0.2, 0.25) is 0 Å². The van der Waals surface area contributed by atoms with Gasteiger partial charge in [0.1, 0.15) is 0 Å². The maximum absolute atomic E-state index is 12.7. The molecule has 2 nitrogen and oxygen atoms in total. The summed E-state index contributed by atoms with van der Waals surface area (Å²) in [5, 5.41) is 7.37. The molecule has 23 heavy (non-hydrogen) atoms. The molecule has 0 bridgehead atoms. The number of halogens is 14. The van der Waals surface area contributed by atoms with E-state index in [1.165, 1.54) is 0 Å². The zero-order valence-corrected chi connectivity index (χ0v) is 9.82. The maximum atomic E-state index is 12.7. The van der Waals surface area contributed by atoms with Crippen molar-refractivity contribution in [3.8, 4) is 0 Å². The third-order valence-electron chi connectivity index (χ3n) is 2.37. The highest BCUT2D eigenvalue weighted by atomic mass is 19.4. The average Bonchev–Trinajstić information content (AvgIpc) is 2.24. The molecular weight excluding hydrogens is 380 g/mol. The Morgan fingerprint density at radius 1 is 0.435 bits per heavy atom. The van der Waals surface area contributed by atoms with Crippen LogP contribution in [0.5, 0.6) is 0 Å². The Labute approximate surface area is 115 Å². The summed E-state index contributed by atoms with van der Waals surface area (Å²) in [6.07, 6.45) is -7.10. The summed E-state index contributed by atoms with van der Waals surface area (Å²) in [5.41, 5.74) is 3.11. The minimum atomic E-state index is -8.19. The smallest absolute Gasteiger partial charge is 0.331 e. The van der Waals surface area contributed by atoms with Gasteiger partial charge in [0.25, 0.3) is 0 Å². The summed E-state index contributed by atoms with van der Waals surface area (Å²) in [4.78, 5) is 0. The minimum Gasteiger partial charge on any atom is -0.331 e. The Morgan fingerprint density at radius 3 is 0.870 bits per heavy atom. The summed E-state index contributed by atoms with van der Waals surface area (Å²) < 4.78 is 174. The highest BCUT2D eigenvalue weighted by Gasteiger charge is 2.92. The van der Waals surface area contributed by atoms with Crippen LogP contribution in [0.2, 0.25) is 0 Å². The van der Waals surface area contributed by atoms with Crippen molar-refractivity contribution in [2.45, 2.75) is 41.8 Å². The van der Waals surface area contributed by atoms with E-state index in [0.717, 1.165) is 0 Å². The first kappa shape index (κ1) is 21.9. The molecule has 0 saturated heterocycles. The van der Waals surface area contributed by atoms with Crippen LogP contribution in [-0.4, -0.2) is 46.9 Å². The van der Waals surface area contributed by atoms with Crippen LogP contribution in [0.1, 0.15) is 0 Å². The Hall–Kier alpha value is -1.06. The van der Waals surface area contributed by atoms with Crippen molar-refractivity contribution >= 4 is 0 Å². The van der Waals surface area contributed by atoms with E-state index >= 15 is 0 Å². The molecule has 0 aliphatic rings. The van der Waals surface area contributed by atoms with Crippen molar-refractivity contribution in [2.24, 2.45) is 5.73 Å². The van der Waals surface area contributed by atoms with Crippen LogP contribution in [0.25, 0.3) is 0 Å². The predicted octanol–water partition coefficient (Wildman–Crippen LogP) is 3.30. The lowest BCUT2D eigenvalue weighted by atomic mass is 9.93. The molecule has 0 aromatic rings. The van der Waals surface area contributed by atoms with E-state index < -0.39 is 41.8 Å². The Kier molecular flexibility index (Phi) is 4.74. The Balaban J connectivity index is 6.37. The second-order valence-electron chi connectivity index (χ2n) is 4.04. The first-order valence-corrected chi connectivity index (χ1v) is 4.66. The van der Waals surface area contributed by atoms with Gasteiger partial charge in [-0.05, 0) is 0 Å². The van der Waals surface area contributed by atoms with Crippen LogP contribution in [0.15, 0.2) is 0 Å². The molecule has 0 heterocycles. The van der Waals surface area contributed by atoms with Crippen molar-refractivity contribution in [3.63, 3.8) is 0 Å². The van der Waals surface area contributed by atoms with Gasteiger partial charge in [-0.1, -0.05) is 0 Å². The van der Waals surface area contributed by atoms with Crippen LogP contribution in [0.4, 0.5) is 61.5 Å². The molecule has 0 fully saturated rings. The largest absolute Gasteiger partial charge is 0.423 e. The third kappa shape index (κ3) is 2.68. The summed E-state index contributed by atoms with van der Waals surface area (Å²) in [6, 6.07) is -6.63. The van der Waals surface area contributed by atoms with Gasteiger partial charge in [-0.2, -0.15) is 61.5 Å². The van der Waals surface area contributed by atoms with Crippen molar-refractivity contribution < 1.29 is 66.6 Å². The quantitative estimate of drug-likeness (QED) is 0.546. The number of rotatable bonds is 6. The van der Waals surface area contributed by atoms with Gasteiger partial charge in [0.05, 0.1) is 0 Å². The van der Waals surface area contributed by atoms with Crippen LogP contribution in [-0.2, 0) is 0 Å². The third-order valence-corrected chi connectivity index (χ3v) is 2.37. The first-order chi connectivity index (χ1) is 9.50. The van der Waals surface area contributed by atoms with Gasteiger partial charge < -0.3 is 5.11 Å². The van der Waals surface area contributed by atoms with Gasteiger partial charge in [0.15, 0.2) is 0 Å². The molecule has 3 N–H and O–H groups in total. The van der Waals surface area contributed by atoms with E-state index in [4.69, 9.17) is 5.11 Å². The molecule has 140 valence electrons. The van der Waals surface area contributed by atoms with Crippen molar-refractivity contribution in [3.05, 3.63) is 0 Å². The van der Waals surface area contributed by atoms with E-state index in [9.17, 15) is 61.5 Å². The molecular formula is C7H3F14NO. The molecule has 0 atom stereocenters. The normalized spacial score (nSPS) is 16.7. The molecule has 0 aromatic carbocycles. The monoisotopic (exact) mass is 383 g/mol. The zero-order chi connectivity index (χ0) is 19.5. The van der Waals surface area contributed by atoms with Gasteiger partial charge in [0, 0.05) is 0 Å². The van der Waals surface area contributed by atoms with E-state index in [1.807, 2.05) is 0 Å². The lowest BCUT2D eigenvalue weighted by Crippen LogP contribution is -2.74. The molecule has 0 aromatic heterocycles. The number of aliphatic hydroxyl groups is 1. The average molecular weight is 383 g/mol. The number of nitrogens with two attached hydrogens (primary N) is 1. The lowest BCUT2D eigenvalue weighted by molar-refractivity contribution is -0.461. The molecule has 0 aliphatic heterocycles. The second kappa shape index (κ2) is 4.97. The van der Waals surface area contributed by atoms with Gasteiger partial charge >= 0.3 is 41.8 Å². The van der Waals surface area contributed by atoms with Gasteiger partial charge in [-0.3, -0.25) is 5.73 Å². The molecule has 0 unspecified atom stereocenters. The molecule has 16 heteroatoms. The van der Waals surface area contributed by atoms with Crippen molar-refractivity contribution in [1.82, 2.24) is 0 Å². The number of alkyl halides is 14. The molecule has 0 radical (unpaired) electrons. The maximum Gasteiger partial charge on any atom is 0.423 e. The van der Waals surface area contributed by atoms with E-state index in [0.29, 0.717) is 0 Å². The fraction of sp³-hybridized carbons (Fsp3) is 1.00. The standard InChI is InChI=1S/C7H3F14NO/c8-1(9,2(10,11)4(14,15)6(18,19)22)3(12,13)5(16,17)7(20,21)23/h23H,22H2. The Morgan fingerprint density at radius 2 is 0.652 bits per heavy atom. The van der Waals surface area contributed by atoms with Crippen LogP contribution in [0.3, 0.4) is 0 Å².